The van der Waals surface area contributed by atoms with Crippen LogP contribution in [0.15, 0.2) is 15.7 Å². The molecule has 11 heavy (non-hydrogen) atoms. The van der Waals surface area contributed by atoms with E-state index in [-0.39, 0.29) is 0 Å². The predicted molar refractivity (Wildman–Crippen MR) is 44.7 cm³/mol. The van der Waals surface area contributed by atoms with Crippen molar-refractivity contribution in [2.24, 2.45) is 0 Å². The average molecular weight is 188 g/mol. The van der Waals surface area contributed by atoms with Gasteiger partial charge >= 0.3 is 0 Å². The van der Waals surface area contributed by atoms with Crippen molar-refractivity contribution in [2.45, 2.75) is 17.1 Å². The molecule has 0 atom stereocenters. The zero-order chi connectivity index (χ0) is 7.90. The summed E-state index contributed by atoms with van der Waals surface area (Å²) in [5.41, 5.74) is 1.02. The van der Waals surface area contributed by atoms with Crippen LogP contribution in [-0.2, 0) is 16.3 Å². The second-order valence-electron chi connectivity index (χ2n) is 2.66. The van der Waals surface area contributed by atoms with Crippen molar-refractivity contribution in [1.82, 2.24) is 0 Å². The smallest absolute Gasteiger partial charge is 0.188 e. The molecule has 2 rings (SSSR count). The maximum absolute atomic E-state index is 11.3. The van der Waals surface area contributed by atoms with Crippen LogP contribution >= 0.6 is 11.3 Å². The Balaban J connectivity index is 2.66. The number of rotatable bonds is 0. The number of hydrogen-bond donors (Lipinski definition) is 0. The first-order chi connectivity index (χ1) is 5.20. The van der Waals surface area contributed by atoms with Crippen LogP contribution in [0.3, 0.4) is 0 Å². The summed E-state index contributed by atoms with van der Waals surface area (Å²) in [7, 11) is -2.88. The molecule has 1 aliphatic rings. The molecule has 0 amide bonds. The molecule has 4 heteroatoms. The van der Waals surface area contributed by atoms with Crippen LogP contribution in [0.5, 0.6) is 0 Å². The van der Waals surface area contributed by atoms with Crippen LogP contribution in [0.4, 0.5) is 0 Å². The van der Waals surface area contributed by atoms with Crippen LogP contribution in [0, 0.1) is 0 Å². The topological polar surface area (TPSA) is 34.1 Å². The lowest BCUT2D eigenvalue weighted by atomic mass is 10.2. The van der Waals surface area contributed by atoms with E-state index in [1.807, 2.05) is 11.4 Å². The standard InChI is InChI=1S/C7H8O2S2/c8-11(9)5-1-2-6-3-4-10-7(6)11/h3-4H,1-2,5H2. The minimum Gasteiger partial charge on any atom is -0.223 e. The van der Waals surface area contributed by atoms with Crippen molar-refractivity contribution < 1.29 is 8.42 Å². The van der Waals surface area contributed by atoms with E-state index in [1.165, 1.54) is 11.3 Å². The summed E-state index contributed by atoms with van der Waals surface area (Å²) in [5, 5.41) is 1.85. The molecule has 0 aliphatic carbocycles. The van der Waals surface area contributed by atoms with Gasteiger partial charge in [-0.3, -0.25) is 0 Å². The highest BCUT2D eigenvalue weighted by molar-refractivity contribution is 7.93. The largest absolute Gasteiger partial charge is 0.223 e. The highest BCUT2D eigenvalue weighted by atomic mass is 32.2. The fraction of sp³-hybridized carbons (Fsp3) is 0.429. The molecule has 0 radical (unpaired) electrons. The Morgan fingerprint density at radius 1 is 1.45 bits per heavy atom. The van der Waals surface area contributed by atoms with Crippen molar-refractivity contribution in [1.29, 1.82) is 0 Å². The van der Waals surface area contributed by atoms with E-state index in [1.54, 1.807) is 0 Å². The summed E-state index contributed by atoms with van der Waals surface area (Å²) in [5.74, 6) is 0.334. The molecule has 1 aromatic heterocycles. The second-order valence-corrected chi connectivity index (χ2v) is 5.88. The van der Waals surface area contributed by atoms with Gasteiger partial charge in [0.1, 0.15) is 4.21 Å². The first kappa shape index (κ1) is 7.31. The lowest BCUT2D eigenvalue weighted by Gasteiger charge is -2.10. The van der Waals surface area contributed by atoms with Gasteiger partial charge in [-0.1, -0.05) is 0 Å². The van der Waals surface area contributed by atoms with Gasteiger partial charge in [-0.05, 0) is 29.9 Å². The van der Waals surface area contributed by atoms with Gasteiger partial charge in [-0.15, -0.1) is 11.3 Å². The van der Waals surface area contributed by atoms with Crippen molar-refractivity contribution in [2.75, 3.05) is 5.75 Å². The molecule has 0 bridgehead atoms. The minimum absolute atomic E-state index is 0.334. The molecule has 0 spiro atoms. The Kier molecular flexibility index (Phi) is 1.54. The van der Waals surface area contributed by atoms with Crippen molar-refractivity contribution in [3.63, 3.8) is 0 Å². The average Bonchev–Trinajstić information content (AvgIpc) is 2.34. The molecule has 0 saturated heterocycles. The van der Waals surface area contributed by atoms with Gasteiger partial charge in [0.2, 0.25) is 0 Å². The van der Waals surface area contributed by atoms with Gasteiger partial charge in [0.25, 0.3) is 0 Å². The first-order valence-electron chi connectivity index (χ1n) is 3.49. The first-order valence-corrected chi connectivity index (χ1v) is 6.02. The van der Waals surface area contributed by atoms with Crippen molar-refractivity contribution in [3.8, 4) is 0 Å². The maximum Gasteiger partial charge on any atom is 0.188 e. The van der Waals surface area contributed by atoms with E-state index in [9.17, 15) is 8.42 Å². The Bertz CT molecular complexity index is 362. The van der Waals surface area contributed by atoms with E-state index in [0.717, 1.165) is 18.4 Å². The third kappa shape index (κ3) is 1.10. The summed E-state index contributed by atoms with van der Waals surface area (Å²) in [6.07, 6.45) is 1.71. The molecule has 1 aliphatic heterocycles. The molecule has 2 heterocycles. The molecule has 0 unspecified atom stereocenters. The van der Waals surface area contributed by atoms with Gasteiger partial charge in [-0.25, -0.2) is 8.42 Å². The normalized spacial score (nSPS) is 21.1. The van der Waals surface area contributed by atoms with Gasteiger partial charge in [-0.2, -0.15) is 0 Å². The van der Waals surface area contributed by atoms with E-state index in [4.69, 9.17) is 0 Å². The van der Waals surface area contributed by atoms with Gasteiger partial charge in [0, 0.05) is 0 Å². The molecule has 0 fully saturated rings. The number of fused-ring (bicyclic) bond motifs is 1. The third-order valence-electron chi connectivity index (χ3n) is 1.85. The lowest BCUT2D eigenvalue weighted by Crippen LogP contribution is -2.13. The number of aryl methyl sites for hydroxylation is 1. The molecular weight excluding hydrogens is 180 g/mol. The molecule has 2 nitrogen and oxygen atoms in total. The highest BCUT2D eigenvalue weighted by Gasteiger charge is 2.24. The molecule has 0 saturated carbocycles. The van der Waals surface area contributed by atoms with E-state index >= 15 is 0 Å². The number of sulfone groups is 1. The monoisotopic (exact) mass is 188 g/mol. The predicted octanol–water partition coefficient (Wildman–Crippen LogP) is 1.47. The summed E-state index contributed by atoms with van der Waals surface area (Å²) in [6.45, 7) is 0. The summed E-state index contributed by atoms with van der Waals surface area (Å²) >= 11 is 1.34. The Hall–Kier alpha value is -0.350. The van der Waals surface area contributed by atoms with Crippen LogP contribution in [0.2, 0.25) is 0 Å². The number of thiophene rings is 1. The van der Waals surface area contributed by atoms with Crippen LogP contribution in [0.25, 0.3) is 0 Å². The maximum atomic E-state index is 11.3. The lowest BCUT2D eigenvalue weighted by molar-refractivity contribution is 0.589. The molecule has 0 N–H and O–H groups in total. The van der Waals surface area contributed by atoms with E-state index < -0.39 is 9.84 Å². The second kappa shape index (κ2) is 2.32. The minimum atomic E-state index is -2.88. The van der Waals surface area contributed by atoms with Crippen molar-refractivity contribution in [3.05, 3.63) is 17.0 Å². The van der Waals surface area contributed by atoms with Crippen LogP contribution in [-0.4, -0.2) is 14.2 Å². The Labute approximate surface area is 69.8 Å². The zero-order valence-corrected chi connectivity index (χ0v) is 7.54. The fourth-order valence-electron chi connectivity index (χ4n) is 1.33. The van der Waals surface area contributed by atoms with Gasteiger partial charge < -0.3 is 0 Å². The highest BCUT2D eigenvalue weighted by Crippen LogP contribution is 2.29. The molecule has 1 aromatic rings. The van der Waals surface area contributed by atoms with Crippen LogP contribution in [0.1, 0.15) is 12.0 Å². The third-order valence-corrected chi connectivity index (χ3v) is 5.30. The molecule has 60 valence electrons. The van der Waals surface area contributed by atoms with Crippen LogP contribution < -0.4 is 0 Å². The van der Waals surface area contributed by atoms with Gasteiger partial charge in [0.15, 0.2) is 9.84 Å². The summed E-state index contributed by atoms with van der Waals surface area (Å²) < 4.78 is 23.3. The Morgan fingerprint density at radius 3 is 3.00 bits per heavy atom. The Morgan fingerprint density at radius 2 is 2.27 bits per heavy atom. The summed E-state index contributed by atoms with van der Waals surface area (Å²) in [4.78, 5) is 0. The van der Waals surface area contributed by atoms with Gasteiger partial charge in [0.05, 0.1) is 5.75 Å². The SMILES string of the molecule is O=S1(=O)CCCc2ccsc21. The van der Waals surface area contributed by atoms with E-state index in [2.05, 4.69) is 0 Å². The van der Waals surface area contributed by atoms with Crippen molar-refractivity contribution >= 4 is 21.2 Å². The fourth-order valence-corrected chi connectivity index (χ4v) is 4.29. The number of hydrogen-bond acceptors (Lipinski definition) is 3. The molecular formula is C7H8O2S2. The van der Waals surface area contributed by atoms with E-state index in [0.29, 0.717) is 9.96 Å². The zero-order valence-electron chi connectivity index (χ0n) is 5.91. The summed E-state index contributed by atoms with van der Waals surface area (Å²) in [6, 6.07) is 1.91. The molecule has 0 aromatic carbocycles. The quantitative estimate of drug-likeness (QED) is 0.618.